The third-order valence-electron chi connectivity index (χ3n) is 3.46. The Labute approximate surface area is 156 Å². The number of ether oxygens (including phenoxy) is 2. The Morgan fingerprint density at radius 2 is 1.96 bits per heavy atom. The molecule has 0 aliphatic rings. The van der Waals surface area contributed by atoms with Gasteiger partial charge in [0.2, 0.25) is 0 Å². The summed E-state index contributed by atoms with van der Waals surface area (Å²) in [5.74, 6) is 1.40. The van der Waals surface area contributed by atoms with Crippen LogP contribution >= 0.6 is 11.8 Å². The number of aryl methyl sites for hydroxylation is 2. The van der Waals surface area contributed by atoms with Gasteiger partial charge in [-0.05, 0) is 45.0 Å². The summed E-state index contributed by atoms with van der Waals surface area (Å²) >= 11 is 1.39. The fourth-order valence-corrected chi connectivity index (χ4v) is 3.10. The third-order valence-corrected chi connectivity index (χ3v) is 4.39. The van der Waals surface area contributed by atoms with Gasteiger partial charge >= 0.3 is 5.97 Å². The lowest BCUT2D eigenvalue weighted by molar-refractivity contribution is -0.144. The van der Waals surface area contributed by atoms with Crippen molar-refractivity contribution in [3.05, 3.63) is 41.3 Å². The first-order valence-corrected chi connectivity index (χ1v) is 9.33. The highest BCUT2D eigenvalue weighted by Crippen LogP contribution is 2.19. The highest BCUT2D eigenvalue weighted by atomic mass is 32.2. The number of nitrogens with zero attached hydrogens (tertiary/aromatic N) is 1. The van der Waals surface area contributed by atoms with Gasteiger partial charge in [0.05, 0.1) is 18.1 Å². The number of hydrogen-bond donors (Lipinski definition) is 1. The monoisotopic (exact) mass is 378 g/mol. The number of nitrogens with one attached hydrogen (secondary N) is 1. The Balaban J connectivity index is 1.67. The molecule has 1 aromatic heterocycles. The Kier molecular flexibility index (Phi) is 7.53. The zero-order valence-electron chi connectivity index (χ0n) is 15.0. The van der Waals surface area contributed by atoms with Gasteiger partial charge in [-0.15, -0.1) is 11.8 Å². The van der Waals surface area contributed by atoms with Gasteiger partial charge in [0.1, 0.15) is 11.5 Å². The first-order valence-electron chi connectivity index (χ1n) is 8.17. The Morgan fingerprint density at radius 1 is 1.23 bits per heavy atom. The van der Waals surface area contributed by atoms with Crippen LogP contribution < -0.4 is 10.1 Å². The van der Waals surface area contributed by atoms with Gasteiger partial charge in [0, 0.05) is 17.0 Å². The average Bonchev–Trinajstić information content (AvgIpc) is 2.94. The maximum Gasteiger partial charge on any atom is 0.316 e. The number of carbonyl (C=O) groups excluding carboxylic acids is 2. The number of esters is 1. The molecular formula is C18H22N2O5S. The van der Waals surface area contributed by atoms with E-state index in [2.05, 4.69) is 10.5 Å². The van der Waals surface area contributed by atoms with Crippen molar-refractivity contribution in [1.29, 1.82) is 0 Å². The highest BCUT2D eigenvalue weighted by Gasteiger charge is 2.12. The molecule has 0 aliphatic heterocycles. The van der Waals surface area contributed by atoms with Gasteiger partial charge in [0.25, 0.3) is 5.91 Å². The number of anilines is 1. The average molecular weight is 378 g/mol. The molecule has 7 nitrogen and oxygen atoms in total. The van der Waals surface area contributed by atoms with Gasteiger partial charge in [-0.1, -0.05) is 5.16 Å². The van der Waals surface area contributed by atoms with E-state index in [1.54, 1.807) is 24.3 Å². The molecule has 8 heteroatoms. The highest BCUT2D eigenvalue weighted by molar-refractivity contribution is 7.99. The quantitative estimate of drug-likeness (QED) is 0.671. The van der Waals surface area contributed by atoms with Gasteiger partial charge in [-0.3, -0.25) is 9.59 Å². The molecule has 0 unspecified atom stereocenters. The molecule has 0 spiro atoms. The van der Waals surface area contributed by atoms with E-state index < -0.39 is 11.9 Å². The molecule has 1 aromatic carbocycles. The molecule has 0 atom stereocenters. The second kappa shape index (κ2) is 9.86. The summed E-state index contributed by atoms with van der Waals surface area (Å²) < 4.78 is 15.4. The number of aromatic nitrogens is 1. The van der Waals surface area contributed by atoms with E-state index in [0.717, 1.165) is 22.8 Å². The molecule has 26 heavy (non-hydrogen) atoms. The standard InChI is InChI=1S/C18H22N2O5S/c1-4-23-15-7-5-14(6-8-15)19-17(21)9-24-18(22)11-26-10-16-12(2)20-25-13(16)3/h5-8H,4,9-11H2,1-3H3,(H,19,21). The second-order valence-corrected chi connectivity index (χ2v) is 6.45. The molecule has 1 heterocycles. The van der Waals surface area contributed by atoms with Crippen LogP contribution in [0.2, 0.25) is 0 Å². The summed E-state index contributed by atoms with van der Waals surface area (Å²) in [4.78, 5) is 23.6. The zero-order chi connectivity index (χ0) is 18.9. The van der Waals surface area contributed by atoms with Crippen molar-refractivity contribution in [3.63, 3.8) is 0 Å². The number of carbonyl (C=O) groups is 2. The smallest absolute Gasteiger partial charge is 0.316 e. The van der Waals surface area contributed by atoms with Gasteiger partial charge in [-0.25, -0.2) is 0 Å². The van der Waals surface area contributed by atoms with E-state index in [1.165, 1.54) is 11.8 Å². The van der Waals surface area contributed by atoms with E-state index in [-0.39, 0.29) is 12.4 Å². The summed E-state index contributed by atoms with van der Waals surface area (Å²) in [5, 5.41) is 6.52. The minimum atomic E-state index is -0.441. The minimum absolute atomic E-state index is 0.153. The molecule has 0 saturated carbocycles. The molecule has 0 bridgehead atoms. The lowest BCUT2D eigenvalue weighted by Gasteiger charge is -2.08. The van der Waals surface area contributed by atoms with Crippen molar-refractivity contribution >= 4 is 29.3 Å². The Bertz CT molecular complexity index is 723. The first-order chi connectivity index (χ1) is 12.5. The van der Waals surface area contributed by atoms with Crippen LogP contribution in [0, 0.1) is 13.8 Å². The maximum absolute atomic E-state index is 11.8. The molecular weight excluding hydrogens is 356 g/mol. The third kappa shape index (κ3) is 6.11. The summed E-state index contributed by atoms with van der Waals surface area (Å²) in [6.45, 7) is 5.85. The van der Waals surface area contributed by atoms with Crippen molar-refractivity contribution in [1.82, 2.24) is 5.16 Å². The fraction of sp³-hybridized carbons (Fsp3) is 0.389. The summed E-state index contributed by atoms with van der Waals surface area (Å²) in [5.41, 5.74) is 2.41. The van der Waals surface area contributed by atoms with Crippen LogP contribution in [0.15, 0.2) is 28.8 Å². The molecule has 0 saturated heterocycles. The largest absolute Gasteiger partial charge is 0.494 e. The SMILES string of the molecule is CCOc1ccc(NC(=O)COC(=O)CSCc2c(C)noc2C)cc1. The molecule has 2 rings (SSSR count). The number of hydrogen-bond acceptors (Lipinski definition) is 7. The Morgan fingerprint density at radius 3 is 2.58 bits per heavy atom. The maximum atomic E-state index is 11.8. The van der Waals surface area contributed by atoms with Crippen LogP contribution in [0.1, 0.15) is 23.9 Å². The van der Waals surface area contributed by atoms with E-state index >= 15 is 0 Å². The van der Waals surface area contributed by atoms with Crippen molar-refractivity contribution < 1.29 is 23.6 Å². The van der Waals surface area contributed by atoms with Crippen LogP contribution in [0.3, 0.4) is 0 Å². The normalized spacial score (nSPS) is 10.4. The molecule has 0 aliphatic carbocycles. The van der Waals surface area contributed by atoms with Crippen LogP contribution in [0.25, 0.3) is 0 Å². The number of rotatable bonds is 9. The lowest BCUT2D eigenvalue weighted by Crippen LogP contribution is -2.21. The minimum Gasteiger partial charge on any atom is -0.494 e. The zero-order valence-corrected chi connectivity index (χ0v) is 15.9. The number of benzene rings is 1. The van der Waals surface area contributed by atoms with E-state index in [0.29, 0.717) is 18.0 Å². The molecule has 140 valence electrons. The van der Waals surface area contributed by atoms with Crippen molar-refractivity contribution in [3.8, 4) is 5.75 Å². The van der Waals surface area contributed by atoms with Crippen LogP contribution in [0.4, 0.5) is 5.69 Å². The summed E-state index contributed by atoms with van der Waals surface area (Å²) in [7, 11) is 0. The summed E-state index contributed by atoms with van der Waals surface area (Å²) in [6, 6.07) is 6.97. The van der Waals surface area contributed by atoms with Crippen molar-refractivity contribution in [2.24, 2.45) is 0 Å². The Hall–Kier alpha value is -2.48. The van der Waals surface area contributed by atoms with Crippen LogP contribution in [-0.4, -0.2) is 36.0 Å². The summed E-state index contributed by atoms with van der Waals surface area (Å²) in [6.07, 6.45) is 0. The second-order valence-electron chi connectivity index (χ2n) is 5.46. The van der Waals surface area contributed by atoms with Crippen LogP contribution in [-0.2, 0) is 20.1 Å². The predicted molar refractivity (Wildman–Crippen MR) is 99.3 cm³/mol. The number of thioether (sulfide) groups is 1. The molecule has 1 N–H and O–H groups in total. The van der Waals surface area contributed by atoms with E-state index in [9.17, 15) is 9.59 Å². The molecule has 0 fully saturated rings. The predicted octanol–water partition coefficient (Wildman–Crippen LogP) is 3.11. The van der Waals surface area contributed by atoms with Gasteiger partial charge in [-0.2, -0.15) is 0 Å². The molecule has 2 aromatic rings. The van der Waals surface area contributed by atoms with Crippen molar-refractivity contribution in [2.75, 3.05) is 24.3 Å². The first kappa shape index (κ1) is 19.8. The van der Waals surface area contributed by atoms with Crippen molar-refractivity contribution in [2.45, 2.75) is 26.5 Å². The molecule has 1 amide bonds. The number of amides is 1. The van der Waals surface area contributed by atoms with Crippen LogP contribution in [0.5, 0.6) is 5.75 Å². The topological polar surface area (TPSA) is 90.7 Å². The van der Waals surface area contributed by atoms with E-state index in [1.807, 2.05) is 20.8 Å². The van der Waals surface area contributed by atoms with Gasteiger partial charge < -0.3 is 19.3 Å². The van der Waals surface area contributed by atoms with Gasteiger partial charge in [0.15, 0.2) is 6.61 Å². The molecule has 0 radical (unpaired) electrons. The van der Waals surface area contributed by atoms with E-state index in [4.69, 9.17) is 14.0 Å². The lowest BCUT2D eigenvalue weighted by atomic mass is 10.2. The fourth-order valence-electron chi connectivity index (χ4n) is 2.13.